The van der Waals surface area contributed by atoms with E-state index in [0.717, 1.165) is 25.0 Å². The molecule has 0 radical (unpaired) electrons. The van der Waals surface area contributed by atoms with Crippen LogP contribution in [0.4, 0.5) is 5.82 Å². The minimum atomic E-state index is -0.362. The molecule has 0 amide bonds. The minimum absolute atomic E-state index is 0.0751. The van der Waals surface area contributed by atoms with Crippen LogP contribution in [0.1, 0.15) is 36.6 Å². The lowest BCUT2D eigenvalue weighted by Gasteiger charge is -2.22. The number of aryl methyl sites for hydroxylation is 2. The number of aliphatic hydroxyl groups is 1. The maximum Gasteiger partial charge on any atom is 0.173 e. The monoisotopic (exact) mass is 278 g/mol. The third-order valence-corrected chi connectivity index (χ3v) is 3.66. The van der Waals surface area contributed by atoms with Crippen molar-refractivity contribution < 1.29 is 10.3 Å². The number of hydrogen-bond donors (Lipinski definition) is 3. The molecular formula is C14H22N4O2. The molecule has 4 N–H and O–H groups in total. The number of nitrogens with zero attached hydrogens (tertiary/aromatic N) is 3. The zero-order valence-electron chi connectivity index (χ0n) is 12.0. The SMILES string of the molecule is CC(O)CCN(C)c1nc2c(cc1C(N)=NO)CCC2. The van der Waals surface area contributed by atoms with E-state index in [2.05, 4.69) is 10.1 Å². The third-order valence-electron chi connectivity index (χ3n) is 3.66. The van der Waals surface area contributed by atoms with Crippen molar-refractivity contribution in [2.45, 2.75) is 38.7 Å². The number of aliphatic hydroxyl groups excluding tert-OH is 1. The van der Waals surface area contributed by atoms with Gasteiger partial charge in [-0.15, -0.1) is 0 Å². The highest BCUT2D eigenvalue weighted by Gasteiger charge is 2.20. The number of pyridine rings is 1. The fourth-order valence-electron chi connectivity index (χ4n) is 2.48. The molecule has 0 bridgehead atoms. The van der Waals surface area contributed by atoms with Crippen LogP contribution in [0.2, 0.25) is 0 Å². The van der Waals surface area contributed by atoms with Crippen LogP contribution in [0, 0.1) is 0 Å². The van der Waals surface area contributed by atoms with Crippen LogP contribution in [0.25, 0.3) is 0 Å². The molecule has 0 fully saturated rings. The molecule has 0 spiro atoms. The van der Waals surface area contributed by atoms with E-state index in [1.807, 2.05) is 18.0 Å². The predicted molar refractivity (Wildman–Crippen MR) is 78.3 cm³/mol. The molecule has 110 valence electrons. The van der Waals surface area contributed by atoms with Crippen LogP contribution >= 0.6 is 0 Å². The summed E-state index contributed by atoms with van der Waals surface area (Å²) in [5.74, 6) is 0.785. The van der Waals surface area contributed by atoms with E-state index in [1.165, 1.54) is 5.56 Å². The van der Waals surface area contributed by atoms with Gasteiger partial charge in [0.1, 0.15) is 5.82 Å². The van der Waals surface area contributed by atoms with Crippen LogP contribution in [-0.4, -0.2) is 40.8 Å². The Morgan fingerprint density at radius 2 is 2.30 bits per heavy atom. The summed E-state index contributed by atoms with van der Waals surface area (Å²) in [6.45, 7) is 2.42. The third kappa shape index (κ3) is 3.01. The summed E-state index contributed by atoms with van der Waals surface area (Å²) in [6.07, 6.45) is 3.34. The molecule has 0 saturated carbocycles. The summed E-state index contributed by atoms with van der Waals surface area (Å²) >= 11 is 0. The largest absolute Gasteiger partial charge is 0.409 e. The smallest absolute Gasteiger partial charge is 0.173 e. The number of fused-ring (bicyclic) bond motifs is 1. The Kier molecular flexibility index (Phi) is 4.44. The standard InChI is InChI=1S/C14H22N4O2/c1-9(19)6-7-18(2)14-11(13(15)17-20)8-10-4-3-5-12(10)16-14/h8-9,19-20H,3-7H2,1-2H3,(H2,15,17). The molecule has 1 aliphatic carbocycles. The van der Waals surface area contributed by atoms with Gasteiger partial charge in [0.05, 0.1) is 11.7 Å². The molecule has 0 saturated heterocycles. The van der Waals surface area contributed by atoms with E-state index in [9.17, 15) is 5.11 Å². The highest BCUT2D eigenvalue weighted by Crippen LogP contribution is 2.27. The summed E-state index contributed by atoms with van der Waals surface area (Å²) in [7, 11) is 1.90. The molecule has 1 unspecified atom stereocenters. The zero-order chi connectivity index (χ0) is 14.7. The second-order valence-corrected chi connectivity index (χ2v) is 5.36. The Labute approximate surface area is 118 Å². The van der Waals surface area contributed by atoms with E-state index >= 15 is 0 Å². The Morgan fingerprint density at radius 1 is 1.55 bits per heavy atom. The average molecular weight is 278 g/mol. The van der Waals surface area contributed by atoms with Gasteiger partial charge in [-0.2, -0.15) is 0 Å². The molecule has 6 nitrogen and oxygen atoms in total. The van der Waals surface area contributed by atoms with Crippen LogP contribution in [0.5, 0.6) is 0 Å². The van der Waals surface area contributed by atoms with Gasteiger partial charge in [0.25, 0.3) is 0 Å². The molecule has 1 aromatic heterocycles. The number of amidine groups is 1. The van der Waals surface area contributed by atoms with Crippen molar-refractivity contribution in [3.8, 4) is 0 Å². The van der Waals surface area contributed by atoms with E-state index in [1.54, 1.807) is 6.92 Å². The molecular weight excluding hydrogens is 256 g/mol. The van der Waals surface area contributed by atoms with Crippen molar-refractivity contribution in [3.63, 3.8) is 0 Å². The highest BCUT2D eigenvalue weighted by molar-refractivity contribution is 6.01. The quantitative estimate of drug-likeness (QED) is 0.321. The number of anilines is 1. The van der Waals surface area contributed by atoms with E-state index in [0.29, 0.717) is 24.3 Å². The second-order valence-electron chi connectivity index (χ2n) is 5.36. The van der Waals surface area contributed by atoms with E-state index in [-0.39, 0.29) is 11.9 Å². The number of nitrogens with two attached hydrogens (primary N) is 1. The van der Waals surface area contributed by atoms with Gasteiger partial charge in [0.2, 0.25) is 0 Å². The summed E-state index contributed by atoms with van der Waals surface area (Å²) in [5.41, 5.74) is 8.70. The van der Waals surface area contributed by atoms with E-state index in [4.69, 9.17) is 10.9 Å². The number of oxime groups is 1. The fourth-order valence-corrected chi connectivity index (χ4v) is 2.48. The van der Waals surface area contributed by atoms with Gasteiger partial charge in [-0.1, -0.05) is 5.16 Å². The second kappa shape index (κ2) is 6.09. The fraction of sp³-hybridized carbons (Fsp3) is 0.571. The Hall–Kier alpha value is -1.82. The molecule has 1 aliphatic rings. The first-order valence-corrected chi connectivity index (χ1v) is 6.92. The molecule has 1 aromatic rings. The van der Waals surface area contributed by atoms with Crippen molar-refractivity contribution in [1.82, 2.24) is 4.98 Å². The van der Waals surface area contributed by atoms with Gasteiger partial charge < -0.3 is 20.9 Å². The normalized spacial score (nSPS) is 16.1. The van der Waals surface area contributed by atoms with Gasteiger partial charge in [-0.25, -0.2) is 4.98 Å². The maximum absolute atomic E-state index is 9.39. The van der Waals surface area contributed by atoms with Crippen molar-refractivity contribution in [3.05, 3.63) is 22.9 Å². The topological polar surface area (TPSA) is 95.0 Å². The zero-order valence-corrected chi connectivity index (χ0v) is 12.0. The van der Waals surface area contributed by atoms with Crippen molar-refractivity contribution in [2.24, 2.45) is 10.9 Å². The van der Waals surface area contributed by atoms with Gasteiger partial charge >= 0.3 is 0 Å². The number of hydrogen-bond acceptors (Lipinski definition) is 5. The Balaban J connectivity index is 2.34. The van der Waals surface area contributed by atoms with Crippen LogP contribution in [-0.2, 0) is 12.8 Å². The van der Waals surface area contributed by atoms with Gasteiger partial charge in [0, 0.05) is 19.3 Å². The van der Waals surface area contributed by atoms with E-state index < -0.39 is 0 Å². The summed E-state index contributed by atoms with van der Waals surface area (Å²) in [6, 6.07) is 1.97. The van der Waals surface area contributed by atoms with Gasteiger partial charge in [0.15, 0.2) is 5.84 Å². The summed E-state index contributed by atoms with van der Waals surface area (Å²) < 4.78 is 0. The van der Waals surface area contributed by atoms with Crippen LogP contribution < -0.4 is 10.6 Å². The molecule has 2 rings (SSSR count). The van der Waals surface area contributed by atoms with Gasteiger partial charge in [-0.05, 0) is 44.2 Å². The van der Waals surface area contributed by atoms with Crippen molar-refractivity contribution in [1.29, 1.82) is 0 Å². The predicted octanol–water partition coefficient (Wildman–Crippen LogP) is 0.872. The van der Waals surface area contributed by atoms with Crippen molar-refractivity contribution >= 4 is 11.7 Å². The Bertz CT molecular complexity index is 514. The molecule has 6 heteroatoms. The summed E-state index contributed by atoms with van der Waals surface area (Å²) in [5, 5.41) is 21.4. The Morgan fingerprint density at radius 3 is 2.95 bits per heavy atom. The first-order valence-electron chi connectivity index (χ1n) is 6.92. The minimum Gasteiger partial charge on any atom is -0.409 e. The lowest BCUT2D eigenvalue weighted by Crippen LogP contribution is -2.27. The average Bonchev–Trinajstić information content (AvgIpc) is 2.89. The van der Waals surface area contributed by atoms with Crippen LogP contribution in [0.3, 0.4) is 0 Å². The van der Waals surface area contributed by atoms with Crippen LogP contribution in [0.15, 0.2) is 11.2 Å². The highest BCUT2D eigenvalue weighted by atomic mass is 16.4. The van der Waals surface area contributed by atoms with Gasteiger partial charge in [-0.3, -0.25) is 0 Å². The molecule has 0 aromatic carbocycles. The molecule has 20 heavy (non-hydrogen) atoms. The first-order chi connectivity index (χ1) is 9.52. The van der Waals surface area contributed by atoms with Crippen molar-refractivity contribution in [2.75, 3.05) is 18.5 Å². The molecule has 1 heterocycles. The summed E-state index contributed by atoms with van der Waals surface area (Å²) in [4.78, 5) is 6.62. The lowest BCUT2D eigenvalue weighted by atomic mass is 10.1. The maximum atomic E-state index is 9.39. The molecule has 0 aliphatic heterocycles. The number of rotatable bonds is 5. The lowest BCUT2D eigenvalue weighted by molar-refractivity contribution is 0.187. The first kappa shape index (κ1) is 14.6. The number of aromatic nitrogens is 1. The molecule has 1 atom stereocenters.